The van der Waals surface area contributed by atoms with Gasteiger partial charge in [-0.2, -0.15) is 4.99 Å². The number of phenols is 1. The normalized spacial score (nSPS) is 30.1. The molecule has 242 valence electrons. The molecule has 45 heavy (non-hydrogen) atoms. The number of fused-ring (bicyclic) bond motifs is 3. The molecule has 11 N–H and O–H groups in total. The number of amides is 1. The lowest BCUT2D eigenvalue weighted by atomic mass is 9.54. The van der Waals surface area contributed by atoms with Gasteiger partial charge in [0.05, 0.1) is 23.9 Å². The summed E-state index contributed by atoms with van der Waals surface area (Å²) in [5.74, 6) is -7.99. The number of hydrogen-bond acceptors (Lipinski definition) is 11. The van der Waals surface area contributed by atoms with E-state index in [-0.39, 0.29) is 36.1 Å². The summed E-state index contributed by atoms with van der Waals surface area (Å²) in [6.07, 6.45) is -0.226. The van der Waals surface area contributed by atoms with Crippen LogP contribution in [0, 0.1) is 17.2 Å². The smallest absolute Gasteiger partial charge is 0.259 e. The summed E-state index contributed by atoms with van der Waals surface area (Å²) < 4.78 is 0. The summed E-state index contributed by atoms with van der Waals surface area (Å²) in [7, 11) is 3.06. The average Bonchev–Trinajstić information content (AvgIpc) is 2.96. The van der Waals surface area contributed by atoms with E-state index in [1.807, 2.05) is 4.90 Å². The number of nitrogens with zero attached hydrogens (tertiary/aromatic N) is 4. The van der Waals surface area contributed by atoms with Crippen molar-refractivity contribution in [1.82, 2.24) is 20.0 Å². The lowest BCUT2D eigenvalue weighted by molar-refractivity contribution is -0.159. The van der Waals surface area contributed by atoms with Gasteiger partial charge >= 0.3 is 0 Å². The van der Waals surface area contributed by atoms with E-state index < -0.39 is 75.0 Å². The molecule has 0 bridgehead atoms. The minimum Gasteiger partial charge on any atom is -0.508 e. The molecule has 1 aromatic carbocycles. The molecule has 16 heteroatoms. The Hall–Kier alpha value is -4.51. The zero-order valence-electron chi connectivity index (χ0n) is 25.1. The molecule has 1 aliphatic heterocycles. The van der Waals surface area contributed by atoms with Gasteiger partial charge in [-0.05, 0) is 39.1 Å². The number of aromatic hydroxyl groups is 1. The number of carbonyl (C=O) groups excluding carboxylic acids is 3. The molecule has 0 radical (unpaired) electrons. The van der Waals surface area contributed by atoms with Crippen molar-refractivity contribution in [2.24, 2.45) is 28.3 Å². The van der Waals surface area contributed by atoms with Gasteiger partial charge in [-0.25, -0.2) is 0 Å². The van der Waals surface area contributed by atoms with Crippen LogP contribution in [0.3, 0.4) is 0 Å². The highest BCUT2D eigenvalue weighted by molar-refractivity contribution is 6.25. The summed E-state index contributed by atoms with van der Waals surface area (Å²) in [6.45, 7) is 2.90. The second-order valence-corrected chi connectivity index (χ2v) is 12.2. The first-order valence-electron chi connectivity index (χ1n) is 14.4. The number of rotatable bonds is 4. The van der Waals surface area contributed by atoms with E-state index in [0.717, 1.165) is 0 Å². The topological polar surface area (TPSA) is 262 Å². The molecule has 1 heterocycles. The van der Waals surface area contributed by atoms with E-state index in [0.29, 0.717) is 26.2 Å². The summed E-state index contributed by atoms with van der Waals surface area (Å²) in [6, 6.07) is 2.99. The van der Waals surface area contributed by atoms with Crippen molar-refractivity contribution in [3.05, 3.63) is 46.2 Å². The summed E-state index contributed by atoms with van der Waals surface area (Å²) >= 11 is 0. The number of hydrogen-bond donors (Lipinski definition) is 9. The number of benzene rings is 1. The second-order valence-electron chi connectivity index (χ2n) is 12.2. The Labute approximate surface area is 258 Å². The van der Waals surface area contributed by atoms with Crippen molar-refractivity contribution in [2.75, 3.05) is 46.9 Å². The Morgan fingerprint density at radius 1 is 1.13 bits per heavy atom. The fraction of sp³-hybridized carbons (Fsp3) is 0.483. The maximum atomic E-state index is 14.2. The number of nitrogens with one attached hydrogen (secondary N) is 2. The van der Waals surface area contributed by atoms with Gasteiger partial charge < -0.3 is 47.2 Å². The molecule has 5 rings (SSSR count). The maximum Gasteiger partial charge on any atom is 0.259 e. The van der Waals surface area contributed by atoms with Crippen molar-refractivity contribution < 1.29 is 39.9 Å². The van der Waals surface area contributed by atoms with Gasteiger partial charge in [-0.1, -0.05) is 12.1 Å². The van der Waals surface area contributed by atoms with Crippen LogP contribution in [0.4, 0.5) is 0 Å². The number of aliphatic imine (C=N–C) groups is 1. The fourth-order valence-corrected chi connectivity index (χ4v) is 7.07. The van der Waals surface area contributed by atoms with E-state index in [1.165, 1.54) is 44.1 Å². The molecule has 2 fully saturated rings. The Balaban J connectivity index is 1.47. The summed E-state index contributed by atoms with van der Waals surface area (Å²) in [5.41, 5.74) is 4.82. The number of nitrogens with two attached hydrogens (primary N) is 2. The van der Waals surface area contributed by atoms with Crippen LogP contribution in [0.1, 0.15) is 24.5 Å². The van der Waals surface area contributed by atoms with Gasteiger partial charge in [-0.3, -0.25) is 29.6 Å². The summed E-state index contributed by atoms with van der Waals surface area (Å²) in [4.78, 5) is 50.1. The van der Waals surface area contributed by atoms with Crippen LogP contribution in [0.2, 0.25) is 0 Å². The molecular weight excluding hydrogens is 588 g/mol. The van der Waals surface area contributed by atoms with Gasteiger partial charge in [0.2, 0.25) is 11.7 Å². The van der Waals surface area contributed by atoms with Crippen LogP contribution in [-0.2, 0) is 20.0 Å². The first-order chi connectivity index (χ1) is 21.0. The molecule has 1 aromatic rings. The number of guanidine groups is 2. The number of piperazine rings is 1. The average molecular weight is 627 g/mol. The third-order valence-electron chi connectivity index (χ3n) is 9.37. The lowest BCUT2D eigenvalue weighted by Gasteiger charge is -2.53. The third kappa shape index (κ3) is 4.89. The molecular formula is C29H38N8O8. The van der Waals surface area contributed by atoms with Gasteiger partial charge in [0.25, 0.3) is 5.91 Å². The van der Waals surface area contributed by atoms with Crippen LogP contribution < -0.4 is 16.8 Å². The van der Waals surface area contributed by atoms with Crippen LogP contribution in [0.25, 0.3) is 5.76 Å². The monoisotopic (exact) mass is 626 g/mol. The number of carbonyl (C=O) groups is 3. The molecule has 1 saturated heterocycles. The minimum atomic E-state index is -2.80. The van der Waals surface area contributed by atoms with Crippen LogP contribution in [0.5, 0.6) is 5.75 Å². The fourth-order valence-electron chi connectivity index (χ4n) is 7.07. The number of ketones is 2. The molecule has 5 atom stereocenters. The van der Waals surface area contributed by atoms with E-state index in [2.05, 4.69) is 10.3 Å². The molecule has 1 amide bonds. The number of aliphatic hydroxyl groups excluding tert-OH is 2. The molecule has 0 aromatic heterocycles. The van der Waals surface area contributed by atoms with Gasteiger partial charge in [-0.15, -0.1) is 0 Å². The highest BCUT2D eigenvalue weighted by atomic mass is 16.3. The first-order valence-corrected chi connectivity index (χ1v) is 14.4. The quantitative estimate of drug-likeness (QED) is 0.100. The zero-order valence-corrected chi connectivity index (χ0v) is 25.1. The van der Waals surface area contributed by atoms with Crippen molar-refractivity contribution >= 4 is 35.2 Å². The number of aliphatic hydroxyl groups is 4. The molecule has 4 aliphatic rings. The minimum absolute atomic E-state index is 0.0538. The second kappa shape index (κ2) is 11.1. The molecule has 0 unspecified atom stereocenters. The molecule has 0 spiro atoms. The van der Waals surface area contributed by atoms with Crippen LogP contribution in [-0.4, -0.2) is 128 Å². The van der Waals surface area contributed by atoms with E-state index >= 15 is 0 Å². The SMILES string of the molecule is CN(C)[C@@H]1C(=O)C(C(=O)NCN2CCN(C(=N)N=C(N)N)CC2)=C(O)[C@]2(O)C(=O)C3=C(O)c4c(O)cccc4[C@](C)(O)[C@@H]3C[C@H]12. The zero-order chi connectivity index (χ0) is 33.2. The Bertz CT molecular complexity index is 1570. The van der Waals surface area contributed by atoms with Gasteiger partial charge in [0, 0.05) is 43.6 Å². The van der Waals surface area contributed by atoms with E-state index in [4.69, 9.17) is 16.9 Å². The number of likely N-dealkylation sites (N-methyl/N-ethyl adjacent to an activating group) is 1. The Kier molecular flexibility index (Phi) is 7.89. The van der Waals surface area contributed by atoms with Crippen LogP contribution >= 0.6 is 0 Å². The van der Waals surface area contributed by atoms with Crippen molar-refractivity contribution in [1.29, 1.82) is 5.41 Å². The predicted octanol–water partition coefficient (Wildman–Crippen LogP) is -1.96. The van der Waals surface area contributed by atoms with Crippen molar-refractivity contribution in [3.63, 3.8) is 0 Å². The van der Waals surface area contributed by atoms with Gasteiger partial charge in [0.1, 0.15) is 22.8 Å². The van der Waals surface area contributed by atoms with Gasteiger partial charge in [0.15, 0.2) is 17.3 Å². The largest absolute Gasteiger partial charge is 0.508 e. The Morgan fingerprint density at radius 2 is 1.78 bits per heavy atom. The van der Waals surface area contributed by atoms with E-state index in [9.17, 15) is 39.9 Å². The highest BCUT2D eigenvalue weighted by Crippen LogP contribution is 2.57. The highest BCUT2D eigenvalue weighted by Gasteiger charge is 2.66. The molecule has 16 nitrogen and oxygen atoms in total. The summed E-state index contributed by atoms with van der Waals surface area (Å²) in [5, 5.41) is 67.4. The third-order valence-corrected chi connectivity index (χ3v) is 9.37. The Morgan fingerprint density at radius 3 is 2.38 bits per heavy atom. The van der Waals surface area contributed by atoms with E-state index in [1.54, 1.807) is 4.90 Å². The molecule has 3 aliphatic carbocycles. The number of phenolic OH excluding ortho intramolecular Hbond substituents is 1. The number of Topliss-reactive ketones (excluding diaryl/α,β-unsaturated/α-hetero) is 2. The van der Waals surface area contributed by atoms with Crippen molar-refractivity contribution in [2.45, 2.75) is 30.6 Å². The standard InChI is InChI=1S/C29H38N8O8/c1-28(44)13-5-4-6-16(38)17(13)21(39)18-14(28)11-15-20(35(2)3)22(40)19(24(42)29(15,45)23(18)41)25(43)33-12-36-7-9-37(10-8-36)27(32)34-26(30)31/h4-6,14-15,20,38-39,42,44-45H,7-12H2,1-3H3,(H,33,43)(H5,30,31,32,34)/t14-,15-,20+,28+,29-/m1/s1. The van der Waals surface area contributed by atoms with Crippen LogP contribution in [0.15, 0.2) is 40.1 Å². The predicted molar refractivity (Wildman–Crippen MR) is 161 cm³/mol. The molecule has 1 saturated carbocycles. The van der Waals surface area contributed by atoms with Crippen molar-refractivity contribution in [3.8, 4) is 5.75 Å². The first kappa shape index (κ1) is 31.9. The maximum absolute atomic E-state index is 14.2. The lowest BCUT2D eigenvalue weighted by Crippen LogP contribution is -2.67.